The Hall–Kier alpha value is -3.53. The number of morpholine rings is 1. The average molecular weight is 507 g/mol. The SMILES string of the molecule is Cc1ccc(S(=O)(=O)N(C)Cc2ccc(C(=O)NN=Cc3ccc(N4CCOCC4)cc3)cc2)cc1. The molecular weight excluding hydrogens is 476 g/mol. The second-order valence-corrected chi connectivity index (χ2v) is 10.7. The lowest BCUT2D eigenvalue weighted by Gasteiger charge is -2.28. The van der Waals surface area contributed by atoms with Gasteiger partial charge in [-0.05, 0) is 54.4 Å². The Kier molecular flexibility index (Phi) is 8.14. The summed E-state index contributed by atoms with van der Waals surface area (Å²) in [6, 6.07) is 21.5. The van der Waals surface area contributed by atoms with Crippen LogP contribution < -0.4 is 10.3 Å². The zero-order chi connectivity index (χ0) is 25.5. The molecule has 0 radical (unpaired) electrons. The standard InChI is InChI=1S/C27H30N4O4S/c1-21-3-13-26(14-4-21)36(33,34)30(2)20-23-5-9-24(10-6-23)27(32)29-28-19-22-7-11-25(12-8-22)31-15-17-35-18-16-31/h3-14,19H,15-18,20H2,1-2H3,(H,29,32). The third-order valence-electron chi connectivity index (χ3n) is 6.00. The van der Waals surface area contributed by atoms with Gasteiger partial charge in [-0.2, -0.15) is 9.41 Å². The van der Waals surface area contributed by atoms with Crippen molar-refractivity contribution in [3.63, 3.8) is 0 Å². The van der Waals surface area contributed by atoms with Crippen molar-refractivity contribution < 1.29 is 17.9 Å². The van der Waals surface area contributed by atoms with Crippen molar-refractivity contribution in [1.29, 1.82) is 0 Å². The lowest BCUT2D eigenvalue weighted by Crippen LogP contribution is -2.36. The van der Waals surface area contributed by atoms with Crippen LogP contribution in [0, 0.1) is 6.92 Å². The highest BCUT2D eigenvalue weighted by Crippen LogP contribution is 2.18. The Morgan fingerprint density at radius 2 is 1.64 bits per heavy atom. The molecule has 1 N–H and O–H groups in total. The summed E-state index contributed by atoms with van der Waals surface area (Å²) in [7, 11) is -2.06. The van der Waals surface area contributed by atoms with Gasteiger partial charge in [0.1, 0.15) is 0 Å². The first-order valence-corrected chi connectivity index (χ1v) is 13.1. The molecule has 1 aliphatic heterocycles. The maximum Gasteiger partial charge on any atom is 0.271 e. The number of anilines is 1. The number of hydrazone groups is 1. The quantitative estimate of drug-likeness (QED) is 0.374. The molecule has 3 aromatic rings. The van der Waals surface area contributed by atoms with Crippen LogP contribution in [0.1, 0.15) is 27.0 Å². The van der Waals surface area contributed by atoms with Gasteiger partial charge in [-0.15, -0.1) is 0 Å². The number of nitrogens with one attached hydrogen (secondary N) is 1. The molecule has 0 unspecified atom stereocenters. The zero-order valence-electron chi connectivity index (χ0n) is 20.4. The Morgan fingerprint density at radius 3 is 2.28 bits per heavy atom. The maximum atomic E-state index is 12.8. The van der Waals surface area contributed by atoms with Crippen LogP contribution in [0.25, 0.3) is 0 Å². The minimum absolute atomic E-state index is 0.191. The summed E-state index contributed by atoms with van der Waals surface area (Å²) in [5.74, 6) is -0.344. The van der Waals surface area contributed by atoms with Gasteiger partial charge in [0.15, 0.2) is 0 Å². The molecule has 188 valence electrons. The van der Waals surface area contributed by atoms with E-state index >= 15 is 0 Å². The van der Waals surface area contributed by atoms with Gasteiger partial charge in [0.05, 0.1) is 24.3 Å². The van der Waals surface area contributed by atoms with Crippen LogP contribution >= 0.6 is 0 Å². The second-order valence-electron chi connectivity index (χ2n) is 8.66. The number of sulfonamides is 1. The minimum Gasteiger partial charge on any atom is -0.378 e. The number of benzene rings is 3. The Labute approximate surface area is 212 Å². The molecule has 1 aliphatic rings. The van der Waals surface area contributed by atoms with E-state index in [0.717, 1.165) is 48.7 Å². The highest BCUT2D eigenvalue weighted by molar-refractivity contribution is 7.89. The molecule has 1 amide bonds. The number of rotatable bonds is 8. The summed E-state index contributed by atoms with van der Waals surface area (Å²) < 4.78 is 32.3. The molecule has 0 bridgehead atoms. The summed E-state index contributed by atoms with van der Waals surface area (Å²) in [5.41, 5.74) is 6.75. The van der Waals surface area contributed by atoms with Crippen LogP contribution in [0.5, 0.6) is 0 Å². The van der Waals surface area contributed by atoms with E-state index in [4.69, 9.17) is 4.74 Å². The third-order valence-corrected chi connectivity index (χ3v) is 7.82. The van der Waals surface area contributed by atoms with Crippen LogP contribution in [-0.2, 0) is 21.3 Å². The van der Waals surface area contributed by atoms with E-state index in [0.29, 0.717) is 5.56 Å². The summed E-state index contributed by atoms with van der Waals surface area (Å²) in [6.45, 7) is 5.32. The molecule has 0 aromatic heterocycles. The van der Waals surface area contributed by atoms with Gasteiger partial charge in [0.25, 0.3) is 5.91 Å². The van der Waals surface area contributed by atoms with Crippen molar-refractivity contribution in [1.82, 2.24) is 9.73 Å². The number of nitrogens with zero attached hydrogens (tertiary/aromatic N) is 3. The van der Waals surface area contributed by atoms with E-state index in [1.165, 1.54) is 11.4 Å². The number of carbonyl (C=O) groups is 1. The molecule has 0 spiro atoms. The van der Waals surface area contributed by atoms with Crippen molar-refractivity contribution in [3.05, 3.63) is 95.1 Å². The van der Waals surface area contributed by atoms with E-state index < -0.39 is 10.0 Å². The Morgan fingerprint density at radius 1 is 1.00 bits per heavy atom. The van der Waals surface area contributed by atoms with E-state index in [1.807, 2.05) is 31.2 Å². The van der Waals surface area contributed by atoms with Crippen LogP contribution in [-0.4, -0.2) is 58.2 Å². The van der Waals surface area contributed by atoms with Crippen molar-refractivity contribution in [2.45, 2.75) is 18.4 Å². The van der Waals surface area contributed by atoms with Crippen LogP contribution in [0.2, 0.25) is 0 Å². The smallest absolute Gasteiger partial charge is 0.271 e. The highest BCUT2D eigenvalue weighted by Gasteiger charge is 2.20. The molecular formula is C27H30N4O4S. The first-order chi connectivity index (χ1) is 17.3. The largest absolute Gasteiger partial charge is 0.378 e. The average Bonchev–Trinajstić information content (AvgIpc) is 2.90. The van der Waals surface area contributed by atoms with Gasteiger partial charge in [0.2, 0.25) is 10.0 Å². The predicted molar refractivity (Wildman–Crippen MR) is 141 cm³/mol. The molecule has 0 atom stereocenters. The Balaban J connectivity index is 1.30. The first kappa shape index (κ1) is 25.6. The van der Waals surface area contributed by atoms with Gasteiger partial charge in [-0.25, -0.2) is 13.8 Å². The number of amides is 1. The van der Waals surface area contributed by atoms with E-state index in [1.54, 1.807) is 54.7 Å². The molecule has 1 fully saturated rings. The van der Waals surface area contributed by atoms with Crippen molar-refractivity contribution in [2.24, 2.45) is 5.10 Å². The molecule has 1 heterocycles. The summed E-state index contributed by atoms with van der Waals surface area (Å²) in [6.07, 6.45) is 1.60. The molecule has 9 heteroatoms. The number of carbonyl (C=O) groups excluding carboxylic acids is 1. The van der Waals surface area contributed by atoms with Gasteiger partial charge >= 0.3 is 0 Å². The van der Waals surface area contributed by atoms with E-state index in [9.17, 15) is 13.2 Å². The van der Waals surface area contributed by atoms with Crippen molar-refractivity contribution >= 4 is 27.8 Å². The van der Waals surface area contributed by atoms with Crippen LogP contribution in [0.3, 0.4) is 0 Å². The summed E-state index contributed by atoms with van der Waals surface area (Å²) in [5, 5.41) is 4.06. The first-order valence-electron chi connectivity index (χ1n) is 11.7. The molecule has 0 saturated carbocycles. The molecule has 4 rings (SSSR count). The predicted octanol–water partition coefficient (Wildman–Crippen LogP) is 3.42. The Bertz CT molecular complexity index is 1300. The van der Waals surface area contributed by atoms with Gasteiger partial charge in [-0.1, -0.05) is 42.0 Å². The van der Waals surface area contributed by atoms with Crippen molar-refractivity contribution in [3.8, 4) is 0 Å². The molecule has 3 aromatic carbocycles. The number of hydrogen-bond acceptors (Lipinski definition) is 6. The van der Waals surface area contributed by atoms with Gasteiger partial charge in [0, 0.05) is 37.9 Å². The van der Waals surface area contributed by atoms with E-state index in [2.05, 4.69) is 15.4 Å². The lowest BCUT2D eigenvalue weighted by atomic mass is 10.1. The highest BCUT2D eigenvalue weighted by atomic mass is 32.2. The zero-order valence-corrected chi connectivity index (χ0v) is 21.2. The van der Waals surface area contributed by atoms with Gasteiger partial charge < -0.3 is 9.64 Å². The normalized spacial score (nSPS) is 14.4. The molecule has 36 heavy (non-hydrogen) atoms. The fourth-order valence-corrected chi connectivity index (χ4v) is 4.98. The van der Waals surface area contributed by atoms with Crippen LogP contribution in [0.15, 0.2) is 82.8 Å². The fraction of sp³-hybridized carbons (Fsp3) is 0.259. The summed E-state index contributed by atoms with van der Waals surface area (Å²) in [4.78, 5) is 15.0. The number of aryl methyl sites for hydroxylation is 1. The second kappa shape index (κ2) is 11.5. The maximum absolute atomic E-state index is 12.8. The minimum atomic E-state index is -3.60. The van der Waals surface area contributed by atoms with Crippen LogP contribution in [0.4, 0.5) is 5.69 Å². The molecule has 1 saturated heterocycles. The third kappa shape index (κ3) is 6.37. The number of ether oxygens (including phenoxy) is 1. The topological polar surface area (TPSA) is 91.3 Å². The van der Waals surface area contributed by atoms with E-state index in [-0.39, 0.29) is 17.3 Å². The van der Waals surface area contributed by atoms with Crippen molar-refractivity contribution in [2.75, 3.05) is 38.3 Å². The number of hydrogen-bond donors (Lipinski definition) is 1. The monoisotopic (exact) mass is 506 g/mol. The molecule has 0 aliphatic carbocycles. The fourth-order valence-electron chi connectivity index (χ4n) is 3.82. The lowest BCUT2D eigenvalue weighted by molar-refractivity contribution is 0.0955. The molecule has 8 nitrogen and oxygen atoms in total. The van der Waals surface area contributed by atoms with Gasteiger partial charge in [-0.3, -0.25) is 4.79 Å². The summed E-state index contributed by atoms with van der Waals surface area (Å²) >= 11 is 0.